The fourth-order valence-corrected chi connectivity index (χ4v) is 1.61. The number of hydrogen-bond donors (Lipinski definition) is 0. The molecule has 17 heavy (non-hydrogen) atoms. The zero-order valence-electron chi connectivity index (χ0n) is 9.48. The summed E-state index contributed by atoms with van der Waals surface area (Å²) in [4.78, 5) is 11.4. The summed E-state index contributed by atoms with van der Waals surface area (Å²) >= 11 is 0. The Balaban J connectivity index is 2.52. The maximum Gasteiger partial charge on any atom is 0.340 e. The van der Waals surface area contributed by atoms with Gasteiger partial charge in [0.05, 0.1) is 18.4 Å². The van der Waals surface area contributed by atoms with Crippen molar-refractivity contribution in [3.05, 3.63) is 41.8 Å². The summed E-state index contributed by atoms with van der Waals surface area (Å²) in [6, 6.07) is 6.08. The van der Waals surface area contributed by atoms with E-state index in [1.165, 1.54) is 19.2 Å². The molecule has 1 heterocycles. The van der Waals surface area contributed by atoms with E-state index in [-0.39, 0.29) is 5.56 Å². The Morgan fingerprint density at radius 2 is 2.18 bits per heavy atom. The number of methoxy groups -OCH3 is 1. The molecule has 4 nitrogen and oxygen atoms in total. The van der Waals surface area contributed by atoms with Crippen LogP contribution in [0.15, 0.2) is 30.5 Å². The first kappa shape index (κ1) is 11.3. The standard InChI is InChI=1S/C12H11FN2O2/c1-15-11(5-6-14-15)8-3-4-10(13)9(7-8)12(16)17-2/h3-7H,1-2H3. The summed E-state index contributed by atoms with van der Waals surface area (Å²) in [5.74, 6) is -1.28. The average Bonchev–Trinajstić information content (AvgIpc) is 2.75. The van der Waals surface area contributed by atoms with Crippen LogP contribution in [0.1, 0.15) is 10.4 Å². The van der Waals surface area contributed by atoms with E-state index in [1.54, 1.807) is 30.1 Å². The number of nitrogens with zero attached hydrogens (tertiary/aromatic N) is 2. The van der Waals surface area contributed by atoms with Crippen LogP contribution in [-0.4, -0.2) is 22.9 Å². The Morgan fingerprint density at radius 1 is 1.41 bits per heavy atom. The van der Waals surface area contributed by atoms with Gasteiger partial charge in [-0.3, -0.25) is 4.68 Å². The molecule has 0 unspecified atom stereocenters. The first-order valence-corrected chi connectivity index (χ1v) is 4.99. The summed E-state index contributed by atoms with van der Waals surface area (Å²) in [6.07, 6.45) is 1.64. The Labute approximate surface area is 97.6 Å². The van der Waals surface area contributed by atoms with E-state index in [1.807, 2.05) is 0 Å². The van der Waals surface area contributed by atoms with Crippen molar-refractivity contribution in [2.24, 2.45) is 7.05 Å². The lowest BCUT2D eigenvalue weighted by Gasteiger charge is -2.05. The van der Waals surface area contributed by atoms with Gasteiger partial charge in [0.15, 0.2) is 0 Å². The average molecular weight is 234 g/mol. The lowest BCUT2D eigenvalue weighted by molar-refractivity contribution is 0.0595. The molecule has 0 saturated carbocycles. The van der Waals surface area contributed by atoms with Gasteiger partial charge in [0.2, 0.25) is 0 Å². The summed E-state index contributed by atoms with van der Waals surface area (Å²) in [6.45, 7) is 0. The van der Waals surface area contributed by atoms with Crippen LogP contribution in [-0.2, 0) is 11.8 Å². The zero-order valence-corrected chi connectivity index (χ0v) is 9.48. The number of aromatic nitrogens is 2. The lowest BCUT2D eigenvalue weighted by Crippen LogP contribution is -2.05. The number of aryl methyl sites for hydroxylation is 1. The van der Waals surface area contributed by atoms with Gasteiger partial charge in [-0.15, -0.1) is 0 Å². The van der Waals surface area contributed by atoms with Gasteiger partial charge >= 0.3 is 5.97 Å². The van der Waals surface area contributed by atoms with Gasteiger partial charge < -0.3 is 4.74 Å². The monoisotopic (exact) mass is 234 g/mol. The third kappa shape index (κ3) is 2.04. The lowest BCUT2D eigenvalue weighted by atomic mass is 10.1. The highest BCUT2D eigenvalue weighted by Gasteiger charge is 2.14. The Bertz CT molecular complexity index is 563. The number of carbonyl (C=O) groups excluding carboxylic acids is 1. The molecule has 0 amide bonds. The molecule has 0 radical (unpaired) electrons. The summed E-state index contributed by atoms with van der Waals surface area (Å²) < 4.78 is 19.6. The first-order valence-electron chi connectivity index (χ1n) is 4.99. The molecule has 0 aliphatic carbocycles. The molecule has 0 saturated heterocycles. The quantitative estimate of drug-likeness (QED) is 0.746. The molecule has 1 aromatic carbocycles. The van der Waals surface area contributed by atoms with E-state index < -0.39 is 11.8 Å². The highest BCUT2D eigenvalue weighted by molar-refractivity contribution is 5.91. The van der Waals surface area contributed by atoms with Gasteiger partial charge in [-0.25, -0.2) is 9.18 Å². The molecule has 0 N–H and O–H groups in total. The van der Waals surface area contributed by atoms with Crippen molar-refractivity contribution in [1.29, 1.82) is 0 Å². The van der Waals surface area contributed by atoms with Crippen LogP contribution in [0.4, 0.5) is 4.39 Å². The Morgan fingerprint density at radius 3 is 2.76 bits per heavy atom. The van der Waals surface area contributed by atoms with Crippen LogP contribution >= 0.6 is 0 Å². The fourth-order valence-electron chi connectivity index (χ4n) is 1.61. The number of halogens is 1. The van der Waals surface area contributed by atoms with E-state index >= 15 is 0 Å². The van der Waals surface area contributed by atoms with E-state index in [2.05, 4.69) is 9.84 Å². The second-order valence-corrected chi connectivity index (χ2v) is 3.53. The largest absolute Gasteiger partial charge is 0.465 e. The van der Waals surface area contributed by atoms with Crippen molar-refractivity contribution in [3.63, 3.8) is 0 Å². The number of esters is 1. The summed E-state index contributed by atoms with van der Waals surface area (Å²) in [5.41, 5.74) is 1.44. The van der Waals surface area contributed by atoms with Crippen molar-refractivity contribution in [1.82, 2.24) is 9.78 Å². The molecule has 0 fully saturated rings. The predicted octanol–water partition coefficient (Wildman–Crippen LogP) is 2.01. The van der Waals surface area contributed by atoms with E-state index in [9.17, 15) is 9.18 Å². The van der Waals surface area contributed by atoms with Crippen molar-refractivity contribution < 1.29 is 13.9 Å². The van der Waals surface area contributed by atoms with Crippen LogP contribution in [0, 0.1) is 5.82 Å². The number of carbonyl (C=O) groups is 1. The van der Waals surface area contributed by atoms with Crippen molar-refractivity contribution in [3.8, 4) is 11.3 Å². The van der Waals surface area contributed by atoms with Gasteiger partial charge in [0, 0.05) is 18.8 Å². The van der Waals surface area contributed by atoms with Crippen LogP contribution in [0.3, 0.4) is 0 Å². The number of hydrogen-bond acceptors (Lipinski definition) is 3. The second kappa shape index (κ2) is 4.37. The molecular formula is C12H11FN2O2. The fraction of sp³-hybridized carbons (Fsp3) is 0.167. The molecular weight excluding hydrogens is 223 g/mol. The molecule has 2 aromatic rings. The third-order valence-electron chi connectivity index (χ3n) is 2.49. The minimum absolute atomic E-state index is 0.0776. The normalized spacial score (nSPS) is 10.3. The van der Waals surface area contributed by atoms with Crippen molar-refractivity contribution in [2.45, 2.75) is 0 Å². The van der Waals surface area contributed by atoms with Gasteiger partial charge in [0.1, 0.15) is 5.82 Å². The predicted molar refractivity (Wildman–Crippen MR) is 59.9 cm³/mol. The maximum atomic E-state index is 13.4. The van der Waals surface area contributed by atoms with Gasteiger partial charge in [-0.1, -0.05) is 0 Å². The van der Waals surface area contributed by atoms with E-state index in [0.717, 1.165) is 5.69 Å². The number of rotatable bonds is 2. The molecule has 5 heteroatoms. The van der Waals surface area contributed by atoms with E-state index in [0.29, 0.717) is 5.56 Å². The summed E-state index contributed by atoms with van der Waals surface area (Å²) in [7, 11) is 3.00. The molecule has 1 aromatic heterocycles. The van der Waals surface area contributed by atoms with Crippen LogP contribution in [0.2, 0.25) is 0 Å². The molecule has 88 valence electrons. The van der Waals surface area contributed by atoms with Crippen LogP contribution < -0.4 is 0 Å². The first-order chi connectivity index (χ1) is 8.13. The molecule has 0 bridgehead atoms. The van der Waals surface area contributed by atoms with Crippen LogP contribution in [0.25, 0.3) is 11.3 Å². The minimum Gasteiger partial charge on any atom is -0.465 e. The van der Waals surface area contributed by atoms with Gasteiger partial charge in [-0.2, -0.15) is 5.10 Å². The van der Waals surface area contributed by atoms with Gasteiger partial charge in [0.25, 0.3) is 0 Å². The zero-order chi connectivity index (χ0) is 12.4. The molecule has 0 atom stereocenters. The Hall–Kier alpha value is -2.17. The highest BCUT2D eigenvalue weighted by atomic mass is 19.1. The summed E-state index contributed by atoms with van der Waals surface area (Å²) in [5, 5.41) is 4.02. The van der Waals surface area contributed by atoms with Crippen LogP contribution in [0.5, 0.6) is 0 Å². The molecule has 0 aliphatic rings. The number of ether oxygens (including phenoxy) is 1. The van der Waals surface area contributed by atoms with E-state index in [4.69, 9.17) is 0 Å². The third-order valence-corrected chi connectivity index (χ3v) is 2.49. The minimum atomic E-state index is -0.688. The molecule has 0 spiro atoms. The van der Waals surface area contributed by atoms with Crippen molar-refractivity contribution >= 4 is 5.97 Å². The molecule has 2 rings (SSSR count). The van der Waals surface area contributed by atoms with Gasteiger partial charge in [-0.05, 0) is 24.3 Å². The number of benzene rings is 1. The van der Waals surface area contributed by atoms with Crippen molar-refractivity contribution in [2.75, 3.05) is 7.11 Å². The maximum absolute atomic E-state index is 13.4. The molecule has 0 aliphatic heterocycles. The topological polar surface area (TPSA) is 44.1 Å². The smallest absolute Gasteiger partial charge is 0.340 e. The SMILES string of the molecule is COC(=O)c1cc(-c2ccnn2C)ccc1F. The Kier molecular flexibility index (Phi) is 2.91. The highest BCUT2D eigenvalue weighted by Crippen LogP contribution is 2.21. The second-order valence-electron chi connectivity index (χ2n) is 3.53.